The summed E-state index contributed by atoms with van der Waals surface area (Å²) in [5.41, 5.74) is 3.49. The Balaban J connectivity index is 1.13. The first-order valence-corrected chi connectivity index (χ1v) is 14.9. The number of nitrogens with one attached hydrogen (secondary N) is 1. The number of pyridine rings is 1. The molecule has 1 atom stereocenters. The van der Waals surface area contributed by atoms with Crippen LogP contribution in [0.1, 0.15) is 71.6 Å². The quantitative estimate of drug-likeness (QED) is 0.228. The number of nitrogens with zero attached hydrogens (tertiary/aromatic N) is 1. The smallest absolute Gasteiger partial charge is 0.337 e. The zero-order valence-corrected chi connectivity index (χ0v) is 24.5. The molecule has 0 unspecified atom stereocenters. The standard InChI is InChI=1S/C33H36ClFN2O5/c1-40-33(39)24-10-9-23(31(17-24)36-19-28-13-14-41-28)16-27(38)15-21-5-7-22(8-6-21)30-3-2-4-32(37-30)42-20-25-11-12-26(34)18-29(25)35/h2-4,9-12,17-18,21-22,28,36H,5-8,13-16,19-20H2,1H3/t21?,22?,28-/m0/s1. The lowest BCUT2D eigenvalue weighted by atomic mass is 9.78. The fourth-order valence-corrected chi connectivity index (χ4v) is 5.77. The minimum atomic E-state index is -0.408. The maximum absolute atomic E-state index is 14.1. The maximum Gasteiger partial charge on any atom is 0.337 e. The van der Waals surface area contributed by atoms with Crippen LogP contribution < -0.4 is 10.1 Å². The molecule has 2 aliphatic rings. The molecule has 1 aliphatic carbocycles. The zero-order chi connectivity index (χ0) is 29.5. The van der Waals surface area contributed by atoms with Crippen LogP contribution in [0, 0.1) is 11.7 Å². The summed E-state index contributed by atoms with van der Waals surface area (Å²) in [6.07, 6.45) is 5.78. The van der Waals surface area contributed by atoms with E-state index in [0.29, 0.717) is 53.3 Å². The SMILES string of the molecule is COC(=O)c1ccc(CC(=O)CC2CCC(c3cccc(OCc4ccc(Cl)cc4F)n3)CC2)c(NC[C@@H]2CCO2)c1. The highest BCUT2D eigenvalue weighted by atomic mass is 35.5. The molecular formula is C33H36ClFN2O5. The van der Waals surface area contributed by atoms with Gasteiger partial charge in [0.25, 0.3) is 0 Å². The Hall–Kier alpha value is -3.49. The Morgan fingerprint density at radius 3 is 2.55 bits per heavy atom. The number of hydrogen-bond acceptors (Lipinski definition) is 7. The van der Waals surface area contributed by atoms with Crippen molar-refractivity contribution in [1.29, 1.82) is 0 Å². The summed E-state index contributed by atoms with van der Waals surface area (Å²) >= 11 is 5.84. The van der Waals surface area contributed by atoms with Crippen LogP contribution in [0.2, 0.25) is 5.02 Å². The highest BCUT2D eigenvalue weighted by Gasteiger charge is 2.26. The second-order valence-corrected chi connectivity index (χ2v) is 11.5. The van der Waals surface area contributed by atoms with Crippen molar-refractivity contribution in [2.45, 2.75) is 63.6 Å². The van der Waals surface area contributed by atoms with Gasteiger partial charge in [-0.15, -0.1) is 0 Å². The molecule has 1 N–H and O–H groups in total. The van der Waals surface area contributed by atoms with Gasteiger partial charge in [0.1, 0.15) is 18.2 Å². The molecule has 9 heteroatoms. The van der Waals surface area contributed by atoms with Crippen LogP contribution in [0.15, 0.2) is 54.6 Å². The Morgan fingerprint density at radius 1 is 1.05 bits per heavy atom. The number of rotatable bonds is 12. The van der Waals surface area contributed by atoms with E-state index >= 15 is 0 Å². The van der Waals surface area contributed by atoms with Gasteiger partial charge in [-0.1, -0.05) is 29.8 Å². The maximum atomic E-state index is 14.1. The molecule has 1 aliphatic heterocycles. The fourth-order valence-electron chi connectivity index (χ4n) is 5.61. The van der Waals surface area contributed by atoms with Crippen LogP contribution in [0.5, 0.6) is 5.88 Å². The predicted octanol–water partition coefficient (Wildman–Crippen LogP) is 6.92. The number of benzene rings is 2. The van der Waals surface area contributed by atoms with Crippen LogP contribution in [0.4, 0.5) is 10.1 Å². The van der Waals surface area contributed by atoms with Gasteiger partial charge in [0.05, 0.1) is 18.8 Å². The lowest BCUT2D eigenvalue weighted by Gasteiger charge is -2.28. The second kappa shape index (κ2) is 14.1. The van der Waals surface area contributed by atoms with Crippen LogP contribution >= 0.6 is 11.6 Å². The highest BCUT2D eigenvalue weighted by Crippen LogP contribution is 2.37. The van der Waals surface area contributed by atoms with E-state index in [0.717, 1.165) is 55.7 Å². The summed E-state index contributed by atoms with van der Waals surface area (Å²) in [6.45, 7) is 1.47. The summed E-state index contributed by atoms with van der Waals surface area (Å²) in [4.78, 5) is 29.9. The minimum absolute atomic E-state index is 0.0747. The molecule has 1 saturated carbocycles. The molecular weight excluding hydrogens is 559 g/mol. The van der Waals surface area contributed by atoms with E-state index in [-0.39, 0.29) is 18.5 Å². The average molecular weight is 595 g/mol. The Morgan fingerprint density at radius 2 is 1.83 bits per heavy atom. The van der Waals surface area contributed by atoms with Crippen LogP contribution in [0.3, 0.4) is 0 Å². The van der Waals surface area contributed by atoms with Gasteiger partial charge in [-0.2, -0.15) is 0 Å². The molecule has 2 heterocycles. The molecule has 0 radical (unpaired) electrons. The molecule has 7 nitrogen and oxygen atoms in total. The molecule has 0 spiro atoms. The number of carbonyl (C=O) groups excluding carboxylic acids is 2. The van der Waals surface area contributed by atoms with Gasteiger partial charge in [-0.05, 0) is 73.9 Å². The van der Waals surface area contributed by atoms with Crippen molar-refractivity contribution < 1.29 is 28.2 Å². The first-order chi connectivity index (χ1) is 20.4. The van der Waals surface area contributed by atoms with Crippen molar-refractivity contribution >= 4 is 29.0 Å². The molecule has 2 fully saturated rings. The number of ether oxygens (including phenoxy) is 3. The van der Waals surface area contributed by atoms with Crippen LogP contribution in [0.25, 0.3) is 0 Å². The van der Waals surface area contributed by atoms with Gasteiger partial charge < -0.3 is 19.5 Å². The molecule has 1 saturated heterocycles. The van der Waals surface area contributed by atoms with E-state index in [1.54, 1.807) is 30.3 Å². The lowest BCUT2D eigenvalue weighted by Crippen LogP contribution is -2.33. The van der Waals surface area contributed by atoms with E-state index in [4.69, 9.17) is 25.8 Å². The predicted molar refractivity (Wildman–Crippen MR) is 159 cm³/mol. The van der Waals surface area contributed by atoms with Gasteiger partial charge in [-0.3, -0.25) is 4.79 Å². The van der Waals surface area contributed by atoms with Crippen molar-refractivity contribution in [1.82, 2.24) is 4.98 Å². The third-order valence-corrected chi connectivity index (χ3v) is 8.38. The van der Waals surface area contributed by atoms with Gasteiger partial charge in [-0.25, -0.2) is 14.2 Å². The number of esters is 1. The summed E-state index contributed by atoms with van der Waals surface area (Å²) in [5.74, 6) is 0.466. The fraction of sp³-hybridized carbons (Fsp3) is 0.424. The summed E-state index contributed by atoms with van der Waals surface area (Å²) < 4.78 is 30.2. The normalized spacial score (nSPS) is 19.9. The number of Topliss-reactive ketones (excluding diaryl/α,β-unsaturated/α-hetero) is 1. The summed E-state index contributed by atoms with van der Waals surface area (Å²) in [5, 5.41) is 3.72. The van der Waals surface area contributed by atoms with Gasteiger partial charge in [0, 0.05) is 59.9 Å². The van der Waals surface area contributed by atoms with Gasteiger partial charge in [0.2, 0.25) is 5.88 Å². The van der Waals surface area contributed by atoms with Crippen molar-refractivity contribution in [2.75, 3.05) is 25.6 Å². The summed E-state index contributed by atoms with van der Waals surface area (Å²) in [7, 11) is 1.36. The number of halogens is 2. The number of methoxy groups -OCH3 is 1. The molecule has 3 aromatic rings. The van der Waals surface area contributed by atoms with E-state index < -0.39 is 11.8 Å². The largest absolute Gasteiger partial charge is 0.473 e. The zero-order valence-electron chi connectivity index (χ0n) is 23.7. The van der Waals surface area contributed by atoms with Gasteiger partial charge in [0.15, 0.2) is 0 Å². The number of ketones is 1. The van der Waals surface area contributed by atoms with Gasteiger partial charge >= 0.3 is 5.97 Å². The molecule has 0 amide bonds. The first-order valence-electron chi connectivity index (χ1n) is 14.5. The lowest BCUT2D eigenvalue weighted by molar-refractivity contribution is -0.119. The minimum Gasteiger partial charge on any atom is -0.473 e. The molecule has 1 aromatic heterocycles. The molecule has 5 rings (SSSR count). The van der Waals surface area contributed by atoms with E-state index in [9.17, 15) is 14.0 Å². The Bertz CT molecular complexity index is 1400. The number of carbonyl (C=O) groups is 2. The van der Waals surface area contributed by atoms with Crippen molar-refractivity contribution in [3.05, 3.63) is 87.8 Å². The summed E-state index contributed by atoms with van der Waals surface area (Å²) in [6, 6.07) is 15.5. The highest BCUT2D eigenvalue weighted by molar-refractivity contribution is 6.30. The van der Waals surface area contributed by atoms with E-state index in [1.165, 1.54) is 13.2 Å². The monoisotopic (exact) mass is 594 g/mol. The third kappa shape index (κ3) is 7.86. The van der Waals surface area contributed by atoms with Crippen LogP contribution in [-0.4, -0.2) is 43.1 Å². The Kier molecular flexibility index (Phi) is 10.1. The Labute approximate surface area is 250 Å². The number of anilines is 1. The molecule has 0 bridgehead atoms. The topological polar surface area (TPSA) is 86.8 Å². The number of aromatic nitrogens is 1. The van der Waals surface area contributed by atoms with Crippen LogP contribution in [-0.2, 0) is 27.3 Å². The second-order valence-electron chi connectivity index (χ2n) is 11.1. The molecule has 2 aromatic carbocycles. The van der Waals surface area contributed by atoms with E-state index in [2.05, 4.69) is 10.3 Å². The first kappa shape index (κ1) is 30.0. The van der Waals surface area contributed by atoms with Crippen molar-refractivity contribution in [3.8, 4) is 5.88 Å². The van der Waals surface area contributed by atoms with E-state index in [1.807, 2.05) is 18.2 Å². The third-order valence-electron chi connectivity index (χ3n) is 8.15. The van der Waals surface area contributed by atoms with Crippen molar-refractivity contribution in [3.63, 3.8) is 0 Å². The molecule has 42 heavy (non-hydrogen) atoms. The van der Waals surface area contributed by atoms with Crippen molar-refractivity contribution in [2.24, 2.45) is 5.92 Å². The average Bonchev–Trinajstić information content (AvgIpc) is 2.96. The number of hydrogen-bond donors (Lipinski definition) is 1. The molecule has 222 valence electrons.